The molecule has 0 radical (unpaired) electrons. The van der Waals surface area contributed by atoms with Gasteiger partial charge in [0.2, 0.25) is 11.8 Å². The van der Waals surface area contributed by atoms with Gasteiger partial charge in [-0.3, -0.25) is 19.7 Å². The number of hydrogen-bond donors (Lipinski definition) is 2. The Morgan fingerprint density at radius 3 is 2.88 bits per heavy atom. The van der Waals surface area contributed by atoms with E-state index in [9.17, 15) is 14.4 Å². The summed E-state index contributed by atoms with van der Waals surface area (Å²) in [6.07, 6.45) is 0.492. The molecule has 2 heterocycles. The second-order valence-corrected chi connectivity index (χ2v) is 6.08. The molecule has 1 aliphatic heterocycles. The van der Waals surface area contributed by atoms with E-state index in [1.807, 2.05) is 18.4 Å². The summed E-state index contributed by atoms with van der Waals surface area (Å²) in [5.41, 5.74) is 1.56. The van der Waals surface area contributed by atoms with Gasteiger partial charge in [-0.2, -0.15) is 0 Å². The molecule has 1 fully saturated rings. The van der Waals surface area contributed by atoms with Crippen molar-refractivity contribution >= 4 is 40.4 Å². The van der Waals surface area contributed by atoms with E-state index in [1.54, 1.807) is 12.1 Å². The highest BCUT2D eigenvalue weighted by molar-refractivity contribution is 6.35. The summed E-state index contributed by atoms with van der Waals surface area (Å²) in [5, 5.41) is 5.41. The highest BCUT2D eigenvalue weighted by Gasteiger charge is 2.29. The smallest absolute Gasteiger partial charge is 0.254 e. The minimum absolute atomic E-state index is 0.205. The standard InChI is InChI=1S/C16H17ClN4O3/c1-3-21-8(2)18-13-9(4-5-10(17)14(13)21)15(23)19-11-6-7-12(22)20-16(11)24/h4-5,11H,3,6-7H2,1-2H3,(H,19,23)(H,20,22,24). The third-order valence-corrected chi connectivity index (χ3v) is 4.45. The van der Waals surface area contributed by atoms with Crippen LogP contribution in [0.4, 0.5) is 0 Å². The van der Waals surface area contributed by atoms with Crippen LogP contribution in [0.5, 0.6) is 0 Å². The second kappa shape index (κ2) is 6.24. The number of benzene rings is 1. The normalized spacial score (nSPS) is 17.9. The fourth-order valence-corrected chi connectivity index (χ4v) is 3.20. The fraction of sp³-hybridized carbons (Fsp3) is 0.375. The quantitative estimate of drug-likeness (QED) is 0.823. The molecule has 0 spiro atoms. The molecule has 2 aromatic rings. The van der Waals surface area contributed by atoms with Gasteiger partial charge in [0, 0.05) is 13.0 Å². The Kier molecular flexibility index (Phi) is 4.28. The Morgan fingerprint density at radius 2 is 2.21 bits per heavy atom. The number of fused-ring (bicyclic) bond motifs is 1. The van der Waals surface area contributed by atoms with Crippen molar-refractivity contribution < 1.29 is 14.4 Å². The monoisotopic (exact) mass is 348 g/mol. The van der Waals surface area contributed by atoms with E-state index in [-0.39, 0.29) is 18.7 Å². The van der Waals surface area contributed by atoms with Crippen LogP contribution in [0.2, 0.25) is 5.02 Å². The third-order valence-electron chi connectivity index (χ3n) is 4.14. The zero-order chi connectivity index (χ0) is 17.4. The SMILES string of the molecule is CCn1c(C)nc2c(C(=O)NC3CCC(=O)NC3=O)ccc(Cl)c21. The molecule has 0 aliphatic carbocycles. The number of halogens is 1. The van der Waals surface area contributed by atoms with Gasteiger partial charge in [0.05, 0.1) is 16.1 Å². The van der Waals surface area contributed by atoms with Gasteiger partial charge in [-0.25, -0.2) is 4.98 Å². The lowest BCUT2D eigenvalue weighted by Crippen LogP contribution is -2.52. The molecule has 8 heteroatoms. The number of rotatable bonds is 3. The van der Waals surface area contributed by atoms with Crippen LogP contribution in [0, 0.1) is 6.92 Å². The molecule has 0 bridgehead atoms. The summed E-state index contributed by atoms with van der Waals surface area (Å²) in [6.45, 7) is 4.50. The Morgan fingerprint density at radius 1 is 1.46 bits per heavy atom. The first-order valence-electron chi connectivity index (χ1n) is 7.72. The number of aromatic nitrogens is 2. The number of piperidine rings is 1. The molecule has 3 amide bonds. The van der Waals surface area contributed by atoms with E-state index in [0.29, 0.717) is 28.2 Å². The molecule has 1 aliphatic rings. The van der Waals surface area contributed by atoms with Gasteiger partial charge >= 0.3 is 0 Å². The number of nitrogens with zero attached hydrogens (tertiary/aromatic N) is 2. The minimum Gasteiger partial charge on any atom is -0.340 e. The summed E-state index contributed by atoms with van der Waals surface area (Å²) in [6, 6.07) is 2.52. The van der Waals surface area contributed by atoms with E-state index in [2.05, 4.69) is 15.6 Å². The third kappa shape index (κ3) is 2.75. The second-order valence-electron chi connectivity index (χ2n) is 5.67. The first kappa shape index (κ1) is 16.4. The number of nitrogens with one attached hydrogen (secondary N) is 2. The molecule has 2 N–H and O–H groups in total. The molecular weight excluding hydrogens is 332 g/mol. The average molecular weight is 349 g/mol. The Balaban J connectivity index is 1.95. The van der Waals surface area contributed by atoms with E-state index in [0.717, 1.165) is 5.82 Å². The number of aryl methyl sites for hydroxylation is 2. The fourth-order valence-electron chi connectivity index (χ4n) is 2.95. The van der Waals surface area contributed by atoms with Crippen LogP contribution in [0.15, 0.2) is 12.1 Å². The van der Waals surface area contributed by atoms with Gasteiger partial charge in [-0.05, 0) is 32.4 Å². The Hall–Kier alpha value is -2.41. The molecule has 1 aromatic heterocycles. The number of amides is 3. The highest BCUT2D eigenvalue weighted by atomic mass is 35.5. The van der Waals surface area contributed by atoms with Crippen LogP contribution in [-0.2, 0) is 16.1 Å². The predicted molar refractivity (Wildman–Crippen MR) is 88.8 cm³/mol. The van der Waals surface area contributed by atoms with Crippen LogP contribution in [0.1, 0.15) is 35.9 Å². The maximum absolute atomic E-state index is 12.6. The average Bonchev–Trinajstić information content (AvgIpc) is 2.87. The van der Waals surface area contributed by atoms with Gasteiger partial charge in [0.25, 0.3) is 5.91 Å². The maximum atomic E-state index is 12.6. The molecular formula is C16H17ClN4O3. The summed E-state index contributed by atoms with van der Waals surface area (Å²) < 4.78 is 1.93. The zero-order valence-electron chi connectivity index (χ0n) is 13.4. The Labute approximate surface area is 143 Å². The van der Waals surface area contributed by atoms with Crippen LogP contribution in [-0.4, -0.2) is 33.3 Å². The molecule has 0 saturated carbocycles. The minimum atomic E-state index is -0.727. The van der Waals surface area contributed by atoms with Crippen LogP contribution < -0.4 is 10.6 Å². The molecule has 1 aromatic carbocycles. The van der Waals surface area contributed by atoms with Gasteiger partial charge < -0.3 is 9.88 Å². The molecule has 3 rings (SSSR count). The Bertz CT molecular complexity index is 859. The lowest BCUT2D eigenvalue weighted by atomic mass is 10.1. The summed E-state index contributed by atoms with van der Waals surface area (Å²) in [7, 11) is 0. The van der Waals surface area contributed by atoms with E-state index < -0.39 is 17.9 Å². The van der Waals surface area contributed by atoms with Crippen molar-refractivity contribution in [2.45, 2.75) is 39.3 Å². The molecule has 7 nitrogen and oxygen atoms in total. The molecule has 1 saturated heterocycles. The van der Waals surface area contributed by atoms with E-state index >= 15 is 0 Å². The summed E-state index contributed by atoms with van der Waals surface area (Å²) in [5.74, 6) is -0.459. The maximum Gasteiger partial charge on any atom is 0.254 e. The molecule has 1 atom stereocenters. The zero-order valence-corrected chi connectivity index (χ0v) is 14.1. The number of hydrogen-bond acceptors (Lipinski definition) is 4. The molecule has 24 heavy (non-hydrogen) atoms. The first-order chi connectivity index (χ1) is 11.4. The lowest BCUT2D eigenvalue weighted by Gasteiger charge is -2.21. The topological polar surface area (TPSA) is 93.1 Å². The number of carbonyl (C=O) groups excluding carboxylic acids is 3. The van der Waals surface area contributed by atoms with Crippen molar-refractivity contribution in [3.8, 4) is 0 Å². The van der Waals surface area contributed by atoms with Gasteiger partial charge in [-0.1, -0.05) is 11.6 Å². The number of carbonyl (C=O) groups is 3. The lowest BCUT2D eigenvalue weighted by molar-refractivity contribution is -0.134. The largest absolute Gasteiger partial charge is 0.340 e. The van der Waals surface area contributed by atoms with Crippen LogP contribution >= 0.6 is 11.6 Å². The van der Waals surface area contributed by atoms with Crippen molar-refractivity contribution in [2.75, 3.05) is 0 Å². The molecule has 1 unspecified atom stereocenters. The van der Waals surface area contributed by atoms with Gasteiger partial charge in [0.1, 0.15) is 17.4 Å². The molecule has 126 valence electrons. The van der Waals surface area contributed by atoms with Crippen molar-refractivity contribution in [2.24, 2.45) is 0 Å². The first-order valence-corrected chi connectivity index (χ1v) is 8.10. The highest BCUT2D eigenvalue weighted by Crippen LogP contribution is 2.27. The number of imide groups is 1. The van der Waals surface area contributed by atoms with E-state index in [1.165, 1.54) is 0 Å². The van der Waals surface area contributed by atoms with Crippen molar-refractivity contribution in [1.82, 2.24) is 20.2 Å². The predicted octanol–water partition coefficient (Wildman–Crippen LogP) is 1.55. The van der Waals surface area contributed by atoms with Crippen molar-refractivity contribution in [1.29, 1.82) is 0 Å². The van der Waals surface area contributed by atoms with Crippen molar-refractivity contribution in [3.63, 3.8) is 0 Å². The summed E-state index contributed by atoms with van der Waals surface area (Å²) >= 11 is 6.27. The van der Waals surface area contributed by atoms with E-state index in [4.69, 9.17) is 11.6 Å². The number of imidazole rings is 1. The van der Waals surface area contributed by atoms with Gasteiger partial charge in [-0.15, -0.1) is 0 Å². The van der Waals surface area contributed by atoms with Crippen LogP contribution in [0.25, 0.3) is 11.0 Å². The van der Waals surface area contributed by atoms with Crippen molar-refractivity contribution in [3.05, 3.63) is 28.5 Å². The van der Waals surface area contributed by atoms with Crippen LogP contribution in [0.3, 0.4) is 0 Å². The van der Waals surface area contributed by atoms with Gasteiger partial charge in [0.15, 0.2) is 0 Å². The summed E-state index contributed by atoms with van der Waals surface area (Å²) in [4.78, 5) is 40.1.